The summed E-state index contributed by atoms with van der Waals surface area (Å²) in [5, 5.41) is 8.54. The molecule has 0 saturated heterocycles. The van der Waals surface area contributed by atoms with Gasteiger partial charge in [0.15, 0.2) is 0 Å². The van der Waals surface area contributed by atoms with Crippen molar-refractivity contribution in [1.82, 2.24) is 20.0 Å². The molecule has 1 unspecified atom stereocenters. The van der Waals surface area contributed by atoms with Crippen molar-refractivity contribution >= 4 is 16.8 Å². The SMILES string of the molecule is CC(NC(=O)Cn1cc2ccccc2n1)C1=CCN(C)CC1. The number of hydrogen-bond acceptors (Lipinski definition) is 3. The van der Waals surface area contributed by atoms with Gasteiger partial charge >= 0.3 is 0 Å². The Bertz CT molecular complexity index is 671. The highest BCUT2D eigenvalue weighted by atomic mass is 16.2. The fourth-order valence-corrected chi connectivity index (χ4v) is 2.80. The van der Waals surface area contributed by atoms with Gasteiger partial charge in [0, 0.05) is 30.7 Å². The highest BCUT2D eigenvalue weighted by Crippen LogP contribution is 2.14. The van der Waals surface area contributed by atoms with Gasteiger partial charge in [-0.25, -0.2) is 0 Å². The van der Waals surface area contributed by atoms with Gasteiger partial charge in [-0.15, -0.1) is 0 Å². The zero-order valence-electron chi connectivity index (χ0n) is 13.1. The van der Waals surface area contributed by atoms with Crippen LogP contribution in [-0.2, 0) is 11.3 Å². The number of likely N-dealkylation sites (N-methyl/N-ethyl adjacent to an activating group) is 1. The molecule has 5 nitrogen and oxygen atoms in total. The van der Waals surface area contributed by atoms with Crippen LogP contribution in [0.1, 0.15) is 13.3 Å². The Hall–Kier alpha value is -2.14. The number of aromatic nitrogens is 2. The lowest BCUT2D eigenvalue weighted by molar-refractivity contribution is -0.122. The van der Waals surface area contributed by atoms with Gasteiger partial charge in [-0.2, -0.15) is 5.10 Å². The molecule has 1 aromatic heterocycles. The van der Waals surface area contributed by atoms with Crippen LogP contribution >= 0.6 is 0 Å². The van der Waals surface area contributed by atoms with E-state index >= 15 is 0 Å². The molecule has 0 fully saturated rings. The van der Waals surface area contributed by atoms with Gasteiger partial charge in [0.1, 0.15) is 6.54 Å². The zero-order chi connectivity index (χ0) is 15.5. The first-order valence-electron chi connectivity index (χ1n) is 7.71. The zero-order valence-corrected chi connectivity index (χ0v) is 13.1. The average molecular weight is 298 g/mol. The molecule has 22 heavy (non-hydrogen) atoms. The molecule has 3 rings (SSSR count). The molecule has 0 bridgehead atoms. The summed E-state index contributed by atoms with van der Waals surface area (Å²) in [6.45, 7) is 4.32. The first-order valence-corrected chi connectivity index (χ1v) is 7.71. The van der Waals surface area contributed by atoms with Crippen LogP contribution in [0.4, 0.5) is 0 Å². The maximum atomic E-state index is 12.2. The summed E-state index contributed by atoms with van der Waals surface area (Å²) in [5.74, 6) is 0.000124. The summed E-state index contributed by atoms with van der Waals surface area (Å²) in [4.78, 5) is 14.5. The molecule has 1 N–H and O–H groups in total. The number of fused-ring (bicyclic) bond motifs is 1. The van der Waals surface area contributed by atoms with Crippen molar-refractivity contribution in [1.29, 1.82) is 0 Å². The molecule has 1 aliphatic rings. The first-order chi connectivity index (χ1) is 10.6. The second-order valence-corrected chi connectivity index (χ2v) is 5.97. The van der Waals surface area contributed by atoms with Crippen molar-refractivity contribution in [3.05, 3.63) is 42.1 Å². The van der Waals surface area contributed by atoms with Gasteiger partial charge in [-0.3, -0.25) is 9.48 Å². The minimum Gasteiger partial charge on any atom is -0.348 e. The molecule has 0 aliphatic carbocycles. The fraction of sp³-hybridized carbons (Fsp3) is 0.412. The Morgan fingerprint density at radius 3 is 2.95 bits per heavy atom. The highest BCUT2D eigenvalue weighted by Gasteiger charge is 2.16. The summed E-state index contributed by atoms with van der Waals surface area (Å²) < 4.78 is 1.70. The number of benzene rings is 1. The van der Waals surface area contributed by atoms with E-state index in [9.17, 15) is 4.79 Å². The van der Waals surface area contributed by atoms with Crippen molar-refractivity contribution in [3.63, 3.8) is 0 Å². The lowest BCUT2D eigenvalue weighted by atomic mass is 10.0. The normalized spacial score (nSPS) is 17.3. The molecule has 0 radical (unpaired) electrons. The number of rotatable bonds is 4. The van der Waals surface area contributed by atoms with E-state index in [0.717, 1.165) is 30.4 Å². The van der Waals surface area contributed by atoms with Crippen molar-refractivity contribution in [3.8, 4) is 0 Å². The standard InChI is InChI=1S/C17H22N4O/c1-13(14-7-9-20(2)10-8-14)18-17(22)12-21-11-15-5-3-4-6-16(15)19-21/h3-7,11,13H,8-10,12H2,1-2H3,(H,18,22). The summed E-state index contributed by atoms with van der Waals surface area (Å²) >= 11 is 0. The number of nitrogens with zero attached hydrogens (tertiary/aromatic N) is 3. The first kappa shape index (κ1) is 14.8. The largest absolute Gasteiger partial charge is 0.348 e. The van der Waals surface area contributed by atoms with Gasteiger partial charge in [0.25, 0.3) is 0 Å². The van der Waals surface area contributed by atoms with Crippen molar-refractivity contribution in [2.75, 3.05) is 20.1 Å². The van der Waals surface area contributed by atoms with Gasteiger partial charge in [-0.05, 0) is 32.0 Å². The van der Waals surface area contributed by atoms with Crippen LogP contribution in [0.3, 0.4) is 0 Å². The quantitative estimate of drug-likeness (QED) is 0.876. The van der Waals surface area contributed by atoms with Gasteiger partial charge in [0.2, 0.25) is 5.91 Å². The molecule has 1 atom stereocenters. The molecule has 0 saturated carbocycles. The molecular formula is C17H22N4O. The second-order valence-electron chi connectivity index (χ2n) is 5.97. The topological polar surface area (TPSA) is 50.2 Å². The number of carbonyl (C=O) groups excluding carboxylic acids is 1. The third-order valence-electron chi connectivity index (χ3n) is 4.15. The monoisotopic (exact) mass is 298 g/mol. The predicted octanol–water partition coefficient (Wildman–Crippen LogP) is 1.80. The maximum Gasteiger partial charge on any atom is 0.242 e. The molecule has 116 valence electrons. The van der Waals surface area contributed by atoms with Crippen LogP contribution in [0, 0.1) is 0 Å². The minimum absolute atomic E-state index is 0.000124. The number of nitrogens with one attached hydrogen (secondary N) is 1. The summed E-state index contributed by atoms with van der Waals surface area (Å²) in [7, 11) is 2.11. The Labute approximate surface area is 130 Å². The van der Waals surface area contributed by atoms with E-state index in [4.69, 9.17) is 0 Å². The molecular weight excluding hydrogens is 276 g/mol. The predicted molar refractivity (Wildman–Crippen MR) is 87.5 cm³/mol. The third-order valence-corrected chi connectivity index (χ3v) is 4.15. The molecule has 1 aliphatic heterocycles. The Balaban J connectivity index is 1.60. The minimum atomic E-state index is 0.000124. The van der Waals surface area contributed by atoms with Crippen LogP contribution in [0.2, 0.25) is 0 Å². The molecule has 1 aromatic carbocycles. The van der Waals surface area contributed by atoms with Gasteiger partial charge < -0.3 is 10.2 Å². The van der Waals surface area contributed by atoms with E-state index < -0.39 is 0 Å². The Kier molecular flexibility index (Phi) is 4.24. The fourth-order valence-electron chi connectivity index (χ4n) is 2.80. The van der Waals surface area contributed by atoms with Gasteiger partial charge in [0.05, 0.1) is 5.52 Å². The van der Waals surface area contributed by atoms with Crippen LogP contribution in [0.25, 0.3) is 10.9 Å². The molecule has 5 heteroatoms. The summed E-state index contributed by atoms with van der Waals surface area (Å²) in [6, 6.07) is 7.97. The molecule has 0 spiro atoms. The Morgan fingerprint density at radius 2 is 2.23 bits per heavy atom. The van der Waals surface area contributed by atoms with Crippen molar-refractivity contribution < 1.29 is 4.79 Å². The van der Waals surface area contributed by atoms with E-state index in [1.165, 1.54) is 5.57 Å². The molecule has 2 heterocycles. The molecule has 1 amide bonds. The molecule has 2 aromatic rings. The second kappa shape index (κ2) is 6.32. The van der Waals surface area contributed by atoms with E-state index in [1.807, 2.05) is 30.5 Å². The smallest absolute Gasteiger partial charge is 0.242 e. The average Bonchev–Trinajstić information content (AvgIpc) is 2.89. The highest BCUT2D eigenvalue weighted by molar-refractivity contribution is 5.80. The van der Waals surface area contributed by atoms with Crippen LogP contribution in [-0.4, -0.2) is 46.8 Å². The lowest BCUT2D eigenvalue weighted by Crippen LogP contribution is -2.38. The maximum absolute atomic E-state index is 12.2. The Morgan fingerprint density at radius 1 is 1.41 bits per heavy atom. The van der Waals surface area contributed by atoms with E-state index in [-0.39, 0.29) is 18.5 Å². The van der Waals surface area contributed by atoms with E-state index in [0.29, 0.717) is 0 Å². The van der Waals surface area contributed by atoms with E-state index in [1.54, 1.807) is 4.68 Å². The number of hydrogen-bond donors (Lipinski definition) is 1. The van der Waals surface area contributed by atoms with Crippen molar-refractivity contribution in [2.24, 2.45) is 0 Å². The van der Waals surface area contributed by atoms with Crippen LogP contribution in [0.15, 0.2) is 42.1 Å². The van der Waals surface area contributed by atoms with E-state index in [2.05, 4.69) is 35.4 Å². The van der Waals surface area contributed by atoms with Crippen molar-refractivity contribution in [2.45, 2.75) is 25.9 Å². The van der Waals surface area contributed by atoms with Crippen LogP contribution in [0.5, 0.6) is 0 Å². The summed E-state index contributed by atoms with van der Waals surface area (Å²) in [6.07, 6.45) is 5.15. The van der Waals surface area contributed by atoms with Gasteiger partial charge in [-0.1, -0.05) is 24.3 Å². The number of carbonyl (C=O) groups is 1. The summed E-state index contributed by atoms with van der Waals surface area (Å²) in [5.41, 5.74) is 2.23. The third kappa shape index (κ3) is 3.36. The lowest BCUT2D eigenvalue weighted by Gasteiger charge is -2.26. The number of amides is 1. The van der Waals surface area contributed by atoms with Crippen LogP contribution < -0.4 is 5.32 Å².